The molecule has 2 aliphatic rings. The number of para-hydroxylation sites is 2. The third kappa shape index (κ3) is 2.81. The van der Waals surface area contributed by atoms with Crippen LogP contribution in [0.5, 0.6) is 0 Å². The molecule has 2 heterocycles. The summed E-state index contributed by atoms with van der Waals surface area (Å²) in [5.74, 6) is 0. The summed E-state index contributed by atoms with van der Waals surface area (Å²) in [6, 6.07) is 16.2. The van der Waals surface area contributed by atoms with Gasteiger partial charge in [0.15, 0.2) is 0 Å². The van der Waals surface area contributed by atoms with Gasteiger partial charge in [-0.3, -0.25) is 9.11 Å². The molecule has 2 N–H and O–H groups in total. The number of nitrogens with zero attached hydrogens (tertiary/aromatic N) is 2. The lowest BCUT2D eigenvalue weighted by molar-refractivity contribution is 0.480. The topological polar surface area (TPSA) is 115 Å². The second-order valence-electron chi connectivity index (χ2n) is 6.86. The normalized spacial score (nSPS) is 14.6. The molecule has 0 radical (unpaired) electrons. The van der Waals surface area contributed by atoms with Gasteiger partial charge in [0.2, 0.25) is 0 Å². The highest BCUT2D eigenvalue weighted by atomic mass is 32.2. The second-order valence-corrected chi connectivity index (χ2v) is 9.38. The van der Waals surface area contributed by atoms with E-state index in [1.807, 2.05) is 0 Å². The van der Waals surface area contributed by atoms with Crippen LogP contribution in [0.1, 0.15) is 11.1 Å². The molecule has 152 valence electrons. The van der Waals surface area contributed by atoms with Crippen molar-refractivity contribution in [3.05, 3.63) is 82.2 Å². The lowest BCUT2D eigenvalue weighted by atomic mass is 10.0. The molecule has 3 aromatic carbocycles. The second kappa shape index (κ2) is 6.16. The Balaban J connectivity index is 1.91. The van der Waals surface area contributed by atoms with Crippen LogP contribution in [0.2, 0.25) is 0 Å². The maximum atomic E-state index is 12.2. The maximum absolute atomic E-state index is 12.2. The van der Waals surface area contributed by atoms with Crippen LogP contribution in [0.4, 0.5) is 22.7 Å². The standard InChI is InChI=1S/C20H14N2O6S2/c23-29(24,25)21-17-7-3-1-5-13(17)9-15-11-20-16(12-19(15)21)10-14-6-2-4-8-18(14)22(20)30(26,27)28/h1-12H,(H,23,24,25)(H,26,27,28). The number of benzene rings is 3. The Morgan fingerprint density at radius 3 is 1.30 bits per heavy atom. The van der Waals surface area contributed by atoms with Crippen LogP contribution < -0.4 is 19.0 Å². The van der Waals surface area contributed by atoms with Crippen molar-refractivity contribution in [2.24, 2.45) is 0 Å². The van der Waals surface area contributed by atoms with Crippen LogP contribution in [0, 0.1) is 0 Å². The molecule has 0 aromatic heterocycles. The molecule has 0 amide bonds. The molecule has 2 aliphatic heterocycles. The van der Waals surface area contributed by atoms with E-state index in [2.05, 4.69) is 0 Å². The van der Waals surface area contributed by atoms with Gasteiger partial charge in [0, 0.05) is 10.4 Å². The van der Waals surface area contributed by atoms with E-state index >= 15 is 0 Å². The fourth-order valence-electron chi connectivity index (χ4n) is 3.87. The van der Waals surface area contributed by atoms with E-state index in [1.54, 1.807) is 60.7 Å². The summed E-state index contributed by atoms with van der Waals surface area (Å²) in [6.07, 6.45) is 3.38. The zero-order valence-electron chi connectivity index (χ0n) is 15.2. The first-order chi connectivity index (χ1) is 14.1. The Morgan fingerprint density at radius 1 is 0.567 bits per heavy atom. The van der Waals surface area contributed by atoms with Crippen molar-refractivity contribution < 1.29 is 25.9 Å². The van der Waals surface area contributed by atoms with Gasteiger partial charge < -0.3 is 0 Å². The van der Waals surface area contributed by atoms with E-state index in [9.17, 15) is 25.9 Å². The van der Waals surface area contributed by atoms with Gasteiger partial charge in [0.05, 0.1) is 22.7 Å². The first-order valence-electron chi connectivity index (χ1n) is 8.76. The van der Waals surface area contributed by atoms with Crippen molar-refractivity contribution in [2.75, 3.05) is 8.61 Å². The largest absolute Gasteiger partial charge is 0.364 e. The zero-order chi connectivity index (χ0) is 21.3. The third-order valence-electron chi connectivity index (χ3n) is 5.01. The molecule has 0 saturated heterocycles. The lowest BCUT2D eigenvalue weighted by Gasteiger charge is -2.30. The molecule has 0 fully saturated rings. The number of fused-ring (bicyclic) bond motifs is 4. The Labute approximate surface area is 172 Å². The van der Waals surface area contributed by atoms with Gasteiger partial charge in [-0.25, -0.2) is 8.61 Å². The molecular formula is C20H14N2O6S2. The summed E-state index contributed by atoms with van der Waals surface area (Å²) in [4.78, 5) is 0. The summed E-state index contributed by atoms with van der Waals surface area (Å²) >= 11 is 0. The van der Waals surface area contributed by atoms with Crippen LogP contribution in [-0.4, -0.2) is 25.9 Å². The quantitative estimate of drug-likeness (QED) is 0.586. The SMILES string of the molecule is O=S(=O)(O)N1c2ccccc2C=c2cc3c(cc21)=Cc1ccccc1N3S(=O)(=O)O. The summed E-state index contributed by atoms with van der Waals surface area (Å²) < 4.78 is 70.3. The average Bonchev–Trinajstić information content (AvgIpc) is 2.66. The molecule has 10 heteroatoms. The third-order valence-corrected chi connectivity index (χ3v) is 6.72. The van der Waals surface area contributed by atoms with Crippen LogP contribution in [0.15, 0.2) is 60.7 Å². The summed E-state index contributed by atoms with van der Waals surface area (Å²) in [6.45, 7) is 0. The number of rotatable bonds is 2. The van der Waals surface area contributed by atoms with Crippen LogP contribution in [0.3, 0.4) is 0 Å². The molecule has 0 bridgehead atoms. The predicted octanol–water partition coefficient (Wildman–Crippen LogP) is 1.85. The van der Waals surface area contributed by atoms with Crippen molar-refractivity contribution in [2.45, 2.75) is 0 Å². The monoisotopic (exact) mass is 442 g/mol. The van der Waals surface area contributed by atoms with E-state index in [4.69, 9.17) is 0 Å². The van der Waals surface area contributed by atoms with Gasteiger partial charge in [-0.15, -0.1) is 0 Å². The molecule has 30 heavy (non-hydrogen) atoms. The Kier molecular flexibility index (Phi) is 3.86. The van der Waals surface area contributed by atoms with Crippen LogP contribution in [0.25, 0.3) is 12.2 Å². The van der Waals surface area contributed by atoms with Gasteiger partial charge in [-0.2, -0.15) is 16.8 Å². The highest BCUT2D eigenvalue weighted by Crippen LogP contribution is 2.36. The van der Waals surface area contributed by atoms with E-state index in [0.29, 0.717) is 21.6 Å². The predicted molar refractivity (Wildman–Crippen MR) is 113 cm³/mol. The van der Waals surface area contributed by atoms with Crippen molar-refractivity contribution in [1.29, 1.82) is 0 Å². The molecule has 0 saturated carbocycles. The van der Waals surface area contributed by atoms with Crippen LogP contribution in [-0.2, 0) is 20.6 Å². The van der Waals surface area contributed by atoms with E-state index < -0.39 is 20.6 Å². The van der Waals surface area contributed by atoms with Crippen molar-refractivity contribution in [3.63, 3.8) is 0 Å². The zero-order valence-corrected chi connectivity index (χ0v) is 16.8. The fraction of sp³-hybridized carbons (Fsp3) is 0. The van der Waals surface area contributed by atoms with E-state index in [1.165, 1.54) is 12.1 Å². The van der Waals surface area contributed by atoms with Crippen molar-refractivity contribution in [1.82, 2.24) is 0 Å². The molecule has 5 rings (SSSR count). The number of hydrogen-bond acceptors (Lipinski definition) is 4. The van der Waals surface area contributed by atoms with Gasteiger partial charge >= 0.3 is 20.6 Å². The van der Waals surface area contributed by atoms with Gasteiger partial charge in [-0.05, 0) is 47.5 Å². The first-order valence-corrected chi connectivity index (χ1v) is 11.5. The molecule has 0 aliphatic carbocycles. The van der Waals surface area contributed by atoms with Crippen molar-refractivity contribution >= 4 is 55.5 Å². The molecular weight excluding hydrogens is 428 g/mol. The highest BCUT2D eigenvalue weighted by molar-refractivity contribution is 7.88. The Morgan fingerprint density at radius 2 is 0.933 bits per heavy atom. The summed E-state index contributed by atoms with van der Waals surface area (Å²) in [5.41, 5.74) is 1.94. The van der Waals surface area contributed by atoms with E-state index in [-0.39, 0.29) is 22.7 Å². The van der Waals surface area contributed by atoms with E-state index in [0.717, 1.165) is 8.61 Å². The van der Waals surface area contributed by atoms with Crippen LogP contribution >= 0.6 is 0 Å². The smallest absolute Gasteiger partial charge is 0.269 e. The number of hydrogen-bond donors (Lipinski definition) is 2. The average molecular weight is 442 g/mol. The minimum atomic E-state index is -4.66. The van der Waals surface area contributed by atoms with Gasteiger partial charge in [0.1, 0.15) is 0 Å². The molecule has 0 unspecified atom stereocenters. The van der Waals surface area contributed by atoms with Gasteiger partial charge in [-0.1, -0.05) is 36.4 Å². The minimum Gasteiger partial charge on any atom is -0.269 e. The van der Waals surface area contributed by atoms with Gasteiger partial charge in [0.25, 0.3) is 0 Å². The lowest BCUT2D eigenvalue weighted by Crippen LogP contribution is -2.38. The summed E-state index contributed by atoms with van der Waals surface area (Å²) in [5, 5.41) is 0.734. The molecule has 0 spiro atoms. The fourth-order valence-corrected chi connectivity index (χ4v) is 5.52. The maximum Gasteiger partial charge on any atom is 0.364 e. The van der Waals surface area contributed by atoms with Crippen molar-refractivity contribution in [3.8, 4) is 0 Å². The molecule has 8 nitrogen and oxygen atoms in total. The Hall–Kier alpha value is -3.18. The first kappa shape index (κ1) is 18.8. The molecule has 3 aromatic rings. The Bertz CT molecular complexity index is 1440. The highest BCUT2D eigenvalue weighted by Gasteiger charge is 2.32. The minimum absolute atomic E-state index is 0.167. The molecule has 0 atom stereocenters. The summed E-state index contributed by atoms with van der Waals surface area (Å²) in [7, 11) is -9.33. The number of anilines is 4.